The Morgan fingerprint density at radius 1 is 1.11 bits per heavy atom. The lowest BCUT2D eigenvalue weighted by Gasteiger charge is -2.28. The van der Waals surface area contributed by atoms with E-state index in [1.54, 1.807) is 0 Å². The Morgan fingerprint density at radius 2 is 1.86 bits per heavy atom. The molecule has 0 bridgehead atoms. The Morgan fingerprint density at radius 3 is 2.57 bits per heavy atom. The third-order valence-corrected chi connectivity index (χ3v) is 6.10. The summed E-state index contributed by atoms with van der Waals surface area (Å²) < 4.78 is 11.2. The molecule has 0 fully saturated rings. The smallest absolute Gasteiger partial charge is 0.258 e. The summed E-state index contributed by atoms with van der Waals surface area (Å²) in [6.07, 6.45) is 0. The van der Waals surface area contributed by atoms with Crippen LogP contribution in [0, 0.1) is 17.2 Å². The Kier molecular flexibility index (Phi) is 5.74. The van der Waals surface area contributed by atoms with Crippen molar-refractivity contribution in [3.8, 4) is 17.6 Å². The summed E-state index contributed by atoms with van der Waals surface area (Å²) >= 11 is 0. The Labute approximate surface area is 201 Å². The number of anilines is 3. The summed E-state index contributed by atoms with van der Waals surface area (Å²) in [5, 5.41) is 15.4. The molecular formula is C25H24N6O4. The molecule has 178 valence electrons. The molecule has 3 heterocycles. The van der Waals surface area contributed by atoms with E-state index in [1.165, 1.54) is 0 Å². The molecule has 0 aliphatic carbocycles. The molecule has 2 aliphatic heterocycles. The fourth-order valence-corrected chi connectivity index (χ4v) is 4.32. The van der Waals surface area contributed by atoms with Gasteiger partial charge >= 0.3 is 0 Å². The van der Waals surface area contributed by atoms with Crippen molar-refractivity contribution >= 4 is 23.4 Å². The van der Waals surface area contributed by atoms with Gasteiger partial charge in [0.25, 0.3) is 5.56 Å². The first-order valence-electron chi connectivity index (χ1n) is 11.2. The number of H-pyrrole nitrogens is 1. The van der Waals surface area contributed by atoms with E-state index in [0.717, 1.165) is 11.3 Å². The van der Waals surface area contributed by atoms with Crippen LogP contribution in [0.4, 0.5) is 17.5 Å². The fraction of sp³-hybridized carbons (Fsp3) is 0.280. The van der Waals surface area contributed by atoms with Gasteiger partial charge in [-0.15, -0.1) is 0 Å². The zero-order valence-electron chi connectivity index (χ0n) is 19.3. The number of ether oxygens (including phenoxy) is 2. The first-order valence-corrected chi connectivity index (χ1v) is 11.2. The second-order valence-electron chi connectivity index (χ2n) is 8.57. The van der Waals surface area contributed by atoms with E-state index in [4.69, 9.17) is 9.47 Å². The molecule has 3 N–H and O–H groups in total. The van der Waals surface area contributed by atoms with Crippen LogP contribution in [0.3, 0.4) is 0 Å². The molecule has 1 aromatic heterocycles. The van der Waals surface area contributed by atoms with Crippen molar-refractivity contribution in [2.45, 2.75) is 12.5 Å². The van der Waals surface area contributed by atoms with Gasteiger partial charge < -0.3 is 25.0 Å². The normalized spacial score (nSPS) is 18.1. The van der Waals surface area contributed by atoms with Gasteiger partial charge in [-0.3, -0.25) is 14.6 Å². The monoisotopic (exact) mass is 472 g/mol. The molecule has 0 saturated carbocycles. The van der Waals surface area contributed by atoms with E-state index >= 15 is 0 Å². The van der Waals surface area contributed by atoms with Gasteiger partial charge in [0, 0.05) is 32.2 Å². The third kappa shape index (κ3) is 4.24. The number of carbonyl (C=O) groups is 1. The average Bonchev–Trinajstić information content (AvgIpc) is 2.86. The second-order valence-corrected chi connectivity index (χ2v) is 8.57. The number of hydrogen-bond donors (Lipinski definition) is 3. The molecule has 5 rings (SSSR count). The number of nitrogens with one attached hydrogen (secondary N) is 3. The van der Waals surface area contributed by atoms with Crippen molar-refractivity contribution in [2.75, 3.05) is 42.8 Å². The largest absolute Gasteiger partial charge is 0.486 e. The van der Waals surface area contributed by atoms with Crippen LogP contribution in [-0.4, -0.2) is 43.2 Å². The summed E-state index contributed by atoms with van der Waals surface area (Å²) in [5.41, 5.74) is 2.42. The van der Waals surface area contributed by atoms with E-state index in [9.17, 15) is 14.9 Å². The summed E-state index contributed by atoms with van der Waals surface area (Å²) in [6.45, 7) is 1.37. The predicted molar refractivity (Wildman–Crippen MR) is 130 cm³/mol. The van der Waals surface area contributed by atoms with Gasteiger partial charge in [0.15, 0.2) is 11.5 Å². The second kappa shape index (κ2) is 9.02. The number of benzene rings is 2. The van der Waals surface area contributed by atoms with Crippen LogP contribution in [0.5, 0.6) is 11.5 Å². The zero-order chi connectivity index (χ0) is 24.5. The number of nitrogens with zero attached hydrogens (tertiary/aromatic N) is 3. The van der Waals surface area contributed by atoms with E-state index in [-0.39, 0.29) is 17.3 Å². The number of fused-ring (bicyclic) bond motifs is 2. The number of aromatic nitrogens is 2. The summed E-state index contributed by atoms with van der Waals surface area (Å²) in [7, 11) is 3.84. The lowest BCUT2D eigenvalue weighted by atomic mass is 9.79. The van der Waals surface area contributed by atoms with Gasteiger partial charge in [-0.2, -0.15) is 10.2 Å². The molecule has 0 spiro atoms. The minimum atomic E-state index is -1.05. The van der Waals surface area contributed by atoms with Crippen molar-refractivity contribution in [3.05, 3.63) is 69.5 Å². The maximum atomic E-state index is 13.2. The third-order valence-electron chi connectivity index (χ3n) is 6.10. The Bertz CT molecular complexity index is 1380. The van der Waals surface area contributed by atoms with Crippen molar-refractivity contribution in [2.24, 2.45) is 5.92 Å². The molecule has 2 aliphatic rings. The minimum Gasteiger partial charge on any atom is -0.486 e. The molecule has 2 aromatic carbocycles. The first-order chi connectivity index (χ1) is 16.9. The van der Waals surface area contributed by atoms with Crippen LogP contribution >= 0.6 is 0 Å². The Balaban J connectivity index is 1.44. The minimum absolute atomic E-state index is 0.150. The van der Waals surface area contributed by atoms with Crippen molar-refractivity contribution < 1.29 is 14.3 Å². The first kappa shape index (κ1) is 22.3. The van der Waals surface area contributed by atoms with Crippen LogP contribution in [0.1, 0.15) is 22.6 Å². The summed E-state index contributed by atoms with van der Waals surface area (Å²) in [4.78, 5) is 35.1. The molecule has 35 heavy (non-hydrogen) atoms. The van der Waals surface area contributed by atoms with Gasteiger partial charge in [-0.1, -0.05) is 18.2 Å². The zero-order valence-corrected chi connectivity index (χ0v) is 19.3. The number of hydrogen-bond acceptors (Lipinski definition) is 8. The van der Waals surface area contributed by atoms with Crippen molar-refractivity contribution in [3.63, 3.8) is 0 Å². The van der Waals surface area contributed by atoms with Crippen molar-refractivity contribution in [1.29, 1.82) is 5.26 Å². The molecule has 10 nitrogen and oxygen atoms in total. The molecule has 3 aromatic rings. The van der Waals surface area contributed by atoms with Gasteiger partial charge in [0.05, 0.1) is 11.6 Å². The SMILES string of the molecule is CN(C)c1ccc(C2c3c(nc(NCc4ccc5c(c4)OCCO5)[nH]c3=O)NC(=O)C2C#N)cc1. The molecule has 1 amide bonds. The molecule has 2 unspecified atom stereocenters. The van der Waals surface area contributed by atoms with Crippen LogP contribution in [-0.2, 0) is 11.3 Å². The number of nitriles is 1. The van der Waals surface area contributed by atoms with Gasteiger partial charge in [-0.05, 0) is 35.4 Å². The van der Waals surface area contributed by atoms with Crippen molar-refractivity contribution in [1.82, 2.24) is 9.97 Å². The van der Waals surface area contributed by atoms with Crippen LogP contribution in [0.2, 0.25) is 0 Å². The standard InChI is InChI=1S/C25H24N6O4/c1-31(2)16-6-4-15(5-7-16)20-17(12-26)23(32)28-22-21(20)24(33)30-25(29-22)27-13-14-3-8-18-19(11-14)35-10-9-34-18/h3-8,11,17,20H,9-10,13H2,1-2H3,(H3,27,28,29,30,32,33). The maximum absolute atomic E-state index is 13.2. The van der Waals surface area contributed by atoms with E-state index in [1.807, 2.05) is 61.5 Å². The fourth-order valence-electron chi connectivity index (χ4n) is 4.32. The highest BCUT2D eigenvalue weighted by Crippen LogP contribution is 2.38. The molecule has 0 saturated heterocycles. The topological polar surface area (TPSA) is 132 Å². The van der Waals surface area contributed by atoms with Crippen LogP contribution in [0.25, 0.3) is 0 Å². The van der Waals surface area contributed by atoms with Gasteiger partial charge in [0.2, 0.25) is 11.9 Å². The quantitative estimate of drug-likeness (QED) is 0.516. The highest BCUT2D eigenvalue weighted by atomic mass is 16.6. The summed E-state index contributed by atoms with van der Waals surface area (Å²) in [5.74, 6) is -0.550. The summed E-state index contributed by atoms with van der Waals surface area (Å²) in [6, 6.07) is 15.1. The number of aromatic amines is 1. The maximum Gasteiger partial charge on any atom is 0.258 e. The average molecular weight is 473 g/mol. The lowest BCUT2D eigenvalue weighted by Crippen LogP contribution is -2.38. The predicted octanol–water partition coefficient (Wildman–Crippen LogP) is 2.44. The van der Waals surface area contributed by atoms with Crippen LogP contribution in [0.15, 0.2) is 47.3 Å². The lowest BCUT2D eigenvalue weighted by molar-refractivity contribution is -0.119. The number of rotatable bonds is 5. The molecule has 2 atom stereocenters. The van der Waals surface area contributed by atoms with Gasteiger partial charge in [-0.25, -0.2) is 0 Å². The van der Waals surface area contributed by atoms with Gasteiger partial charge in [0.1, 0.15) is 24.9 Å². The molecular weight excluding hydrogens is 448 g/mol. The molecule has 10 heteroatoms. The van der Waals surface area contributed by atoms with E-state index in [2.05, 4.69) is 26.7 Å². The number of carbonyl (C=O) groups excluding carboxylic acids is 1. The van der Waals surface area contributed by atoms with E-state index in [0.29, 0.717) is 36.8 Å². The Hall–Kier alpha value is -4.52. The highest BCUT2D eigenvalue weighted by molar-refractivity contribution is 5.98. The molecule has 0 radical (unpaired) electrons. The van der Waals surface area contributed by atoms with Crippen LogP contribution < -0.4 is 30.6 Å². The van der Waals surface area contributed by atoms with E-state index < -0.39 is 23.3 Å². The highest BCUT2D eigenvalue weighted by Gasteiger charge is 2.40. The number of amides is 1.